The van der Waals surface area contributed by atoms with Crippen LogP contribution in [-0.2, 0) is 6.42 Å². The molecule has 0 aliphatic carbocycles. The van der Waals surface area contributed by atoms with E-state index in [0.717, 1.165) is 47.9 Å². The molecule has 1 heterocycles. The van der Waals surface area contributed by atoms with Gasteiger partial charge in [-0.05, 0) is 30.7 Å². The molecule has 116 valence electrons. The van der Waals surface area contributed by atoms with Crippen molar-refractivity contribution in [2.45, 2.75) is 13.3 Å². The average Bonchev–Trinajstić information content (AvgIpc) is 2.53. The average molecular weight is 326 g/mol. The first-order valence-corrected chi connectivity index (χ1v) is 8.42. The van der Waals surface area contributed by atoms with Crippen molar-refractivity contribution in [3.05, 3.63) is 23.8 Å². The lowest BCUT2D eigenvalue weighted by molar-refractivity contribution is 0.222. The molecule has 1 saturated heterocycles. The maximum Gasteiger partial charge on any atom is 0.160 e. The number of hydrogen-bond acceptors (Lipinski definition) is 5. The highest BCUT2D eigenvalue weighted by atomic mass is 32.2. The number of methoxy groups -OCH3 is 2. The van der Waals surface area contributed by atoms with Crippen molar-refractivity contribution >= 4 is 28.3 Å². The minimum absolute atomic E-state index is 0.766. The van der Waals surface area contributed by atoms with E-state index in [9.17, 15) is 0 Å². The Bertz CT molecular complexity index is 497. The minimum atomic E-state index is 0.766. The first-order valence-electron chi connectivity index (χ1n) is 7.03. The standard InChI is InChI=1S/C15H22N2O2S2/c1-4-16-10-17(15(20)21-11-16)8-7-12-5-6-13(18-2)14(9-12)19-3/h5-6,9H,4,7-8,10-11H2,1-3H3. The smallest absolute Gasteiger partial charge is 0.160 e. The van der Waals surface area contributed by atoms with Crippen LogP contribution in [0.2, 0.25) is 0 Å². The van der Waals surface area contributed by atoms with Gasteiger partial charge in [0.1, 0.15) is 4.32 Å². The molecular formula is C15H22N2O2S2. The molecule has 0 aromatic heterocycles. The molecule has 21 heavy (non-hydrogen) atoms. The van der Waals surface area contributed by atoms with Crippen LogP contribution in [0.1, 0.15) is 12.5 Å². The lowest BCUT2D eigenvalue weighted by Crippen LogP contribution is -2.45. The highest BCUT2D eigenvalue weighted by Crippen LogP contribution is 2.28. The van der Waals surface area contributed by atoms with Crippen molar-refractivity contribution < 1.29 is 9.47 Å². The molecule has 0 spiro atoms. The molecule has 0 atom stereocenters. The second kappa shape index (κ2) is 7.87. The Morgan fingerprint density at radius 1 is 1.24 bits per heavy atom. The summed E-state index contributed by atoms with van der Waals surface area (Å²) in [4.78, 5) is 4.65. The Hall–Kier alpha value is -0.980. The molecule has 1 fully saturated rings. The first-order chi connectivity index (χ1) is 10.2. The second-order valence-electron chi connectivity index (χ2n) is 4.87. The second-order valence-corrected chi connectivity index (χ2v) is 6.45. The zero-order valence-electron chi connectivity index (χ0n) is 12.8. The van der Waals surface area contributed by atoms with E-state index in [4.69, 9.17) is 21.7 Å². The summed E-state index contributed by atoms with van der Waals surface area (Å²) in [5.41, 5.74) is 1.23. The van der Waals surface area contributed by atoms with Gasteiger partial charge in [-0.1, -0.05) is 37.0 Å². The van der Waals surface area contributed by atoms with E-state index in [-0.39, 0.29) is 0 Å². The molecule has 1 aromatic rings. The summed E-state index contributed by atoms with van der Waals surface area (Å²) < 4.78 is 11.6. The van der Waals surface area contributed by atoms with E-state index in [2.05, 4.69) is 22.8 Å². The zero-order valence-corrected chi connectivity index (χ0v) is 14.4. The fourth-order valence-electron chi connectivity index (χ4n) is 2.23. The van der Waals surface area contributed by atoms with Crippen molar-refractivity contribution in [3.63, 3.8) is 0 Å². The van der Waals surface area contributed by atoms with Crippen molar-refractivity contribution in [3.8, 4) is 11.5 Å². The van der Waals surface area contributed by atoms with Gasteiger partial charge in [0, 0.05) is 6.54 Å². The summed E-state index contributed by atoms with van der Waals surface area (Å²) in [6.07, 6.45) is 0.943. The molecule has 1 aliphatic rings. The molecule has 0 amide bonds. The SMILES string of the molecule is CCN1CSC(=S)N(CCc2ccc(OC)c(OC)c2)C1. The molecule has 1 aromatic carbocycles. The maximum absolute atomic E-state index is 5.45. The molecule has 6 heteroatoms. The molecule has 0 bridgehead atoms. The predicted octanol–water partition coefficient (Wildman–Crippen LogP) is 2.82. The van der Waals surface area contributed by atoms with E-state index in [1.165, 1.54) is 5.56 Å². The molecule has 0 saturated carbocycles. The summed E-state index contributed by atoms with van der Waals surface area (Å²) in [6.45, 7) is 5.09. The highest BCUT2D eigenvalue weighted by Gasteiger charge is 2.20. The van der Waals surface area contributed by atoms with Gasteiger partial charge in [-0.2, -0.15) is 0 Å². The predicted molar refractivity (Wildman–Crippen MR) is 92.3 cm³/mol. The van der Waals surface area contributed by atoms with Crippen LogP contribution in [0, 0.1) is 0 Å². The van der Waals surface area contributed by atoms with E-state index in [1.54, 1.807) is 26.0 Å². The Balaban J connectivity index is 1.97. The van der Waals surface area contributed by atoms with Gasteiger partial charge in [0.15, 0.2) is 11.5 Å². The third-order valence-corrected chi connectivity index (χ3v) is 5.18. The fraction of sp³-hybridized carbons (Fsp3) is 0.533. The van der Waals surface area contributed by atoms with Gasteiger partial charge in [-0.15, -0.1) is 0 Å². The van der Waals surface area contributed by atoms with Gasteiger partial charge in [-0.25, -0.2) is 0 Å². The van der Waals surface area contributed by atoms with Crippen molar-refractivity contribution in [2.24, 2.45) is 0 Å². The summed E-state index contributed by atoms with van der Waals surface area (Å²) in [5, 5.41) is 0. The largest absolute Gasteiger partial charge is 0.493 e. The number of benzene rings is 1. The molecular weight excluding hydrogens is 304 g/mol. The van der Waals surface area contributed by atoms with Crippen LogP contribution in [0.25, 0.3) is 0 Å². The van der Waals surface area contributed by atoms with Crippen LogP contribution in [0.4, 0.5) is 0 Å². The van der Waals surface area contributed by atoms with Crippen LogP contribution in [-0.4, -0.2) is 54.0 Å². The lowest BCUT2D eigenvalue weighted by atomic mass is 10.1. The number of hydrogen-bond donors (Lipinski definition) is 0. The van der Waals surface area contributed by atoms with E-state index in [0.29, 0.717) is 0 Å². The summed E-state index contributed by atoms with van der Waals surface area (Å²) in [6, 6.07) is 6.07. The fourth-order valence-corrected chi connectivity index (χ4v) is 3.43. The monoisotopic (exact) mass is 326 g/mol. The van der Waals surface area contributed by atoms with Crippen LogP contribution >= 0.6 is 24.0 Å². The minimum Gasteiger partial charge on any atom is -0.493 e. The Kier molecular flexibility index (Phi) is 6.14. The number of thiocarbonyl (C=S) groups is 1. The Morgan fingerprint density at radius 3 is 2.67 bits per heavy atom. The van der Waals surface area contributed by atoms with Gasteiger partial charge in [0.05, 0.1) is 26.8 Å². The van der Waals surface area contributed by atoms with Crippen LogP contribution in [0.5, 0.6) is 11.5 Å². The van der Waals surface area contributed by atoms with Gasteiger partial charge in [0.25, 0.3) is 0 Å². The number of thioether (sulfide) groups is 1. The first kappa shape index (κ1) is 16.4. The zero-order chi connectivity index (χ0) is 15.2. The Morgan fingerprint density at radius 2 is 2.00 bits per heavy atom. The molecule has 0 radical (unpaired) electrons. The van der Waals surface area contributed by atoms with E-state index >= 15 is 0 Å². The molecule has 2 rings (SSSR count). The summed E-state index contributed by atoms with van der Waals surface area (Å²) >= 11 is 7.20. The number of rotatable bonds is 6. The third kappa shape index (κ3) is 4.25. The molecule has 0 unspecified atom stereocenters. The molecule has 4 nitrogen and oxygen atoms in total. The maximum atomic E-state index is 5.45. The number of nitrogens with zero attached hydrogens (tertiary/aromatic N) is 2. The van der Waals surface area contributed by atoms with Crippen molar-refractivity contribution in [1.82, 2.24) is 9.80 Å². The Labute approximate surface area is 136 Å². The quantitative estimate of drug-likeness (QED) is 0.746. The van der Waals surface area contributed by atoms with Gasteiger partial charge < -0.3 is 14.4 Å². The summed E-state index contributed by atoms with van der Waals surface area (Å²) in [7, 11) is 3.32. The van der Waals surface area contributed by atoms with Crippen LogP contribution in [0.15, 0.2) is 18.2 Å². The van der Waals surface area contributed by atoms with Crippen molar-refractivity contribution in [2.75, 3.05) is 39.9 Å². The van der Waals surface area contributed by atoms with Crippen molar-refractivity contribution in [1.29, 1.82) is 0 Å². The highest BCUT2D eigenvalue weighted by molar-refractivity contribution is 8.22. The van der Waals surface area contributed by atoms with E-state index < -0.39 is 0 Å². The third-order valence-electron chi connectivity index (χ3n) is 3.57. The van der Waals surface area contributed by atoms with Crippen LogP contribution < -0.4 is 9.47 Å². The molecule has 0 N–H and O–H groups in total. The van der Waals surface area contributed by atoms with Gasteiger partial charge in [-0.3, -0.25) is 4.90 Å². The van der Waals surface area contributed by atoms with E-state index in [1.807, 2.05) is 12.1 Å². The van der Waals surface area contributed by atoms with Gasteiger partial charge >= 0.3 is 0 Å². The normalized spacial score (nSPS) is 16.1. The lowest BCUT2D eigenvalue weighted by Gasteiger charge is -2.36. The molecule has 1 aliphatic heterocycles. The van der Waals surface area contributed by atoms with Crippen LogP contribution in [0.3, 0.4) is 0 Å². The topological polar surface area (TPSA) is 24.9 Å². The number of ether oxygens (including phenoxy) is 2. The summed E-state index contributed by atoms with van der Waals surface area (Å²) in [5.74, 6) is 2.55. The van der Waals surface area contributed by atoms with Gasteiger partial charge in [0.2, 0.25) is 0 Å².